The number of nitrogens with zero attached hydrogens (tertiary/aromatic N) is 2. The Morgan fingerprint density at radius 3 is 2.30 bits per heavy atom. The molecule has 23 heavy (non-hydrogen) atoms. The molecule has 1 fully saturated rings. The predicted octanol–water partition coefficient (Wildman–Crippen LogP) is 2.75. The van der Waals surface area contributed by atoms with Crippen molar-refractivity contribution in [3.05, 3.63) is 22.7 Å². The summed E-state index contributed by atoms with van der Waals surface area (Å²) in [5.41, 5.74) is -0.297. The van der Waals surface area contributed by atoms with Gasteiger partial charge in [-0.25, -0.2) is 9.78 Å². The molecule has 0 atom stereocenters. The predicted molar refractivity (Wildman–Crippen MR) is 98.4 cm³/mol. The van der Waals surface area contributed by atoms with Crippen LogP contribution in [0.5, 0.6) is 0 Å². The van der Waals surface area contributed by atoms with Crippen LogP contribution < -0.4 is 10.6 Å². The molecule has 0 amide bonds. The van der Waals surface area contributed by atoms with Gasteiger partial charge in [-0.3, -0.25) is 4.98 Å². The molecule has 1 N–H and O–H groups in total. The van der Waals surface area contributed by atoms with Crippen LogP contribution in [0.15, 0.2) is 17.1 Å². The summed E-state index contributed by atoms with van der Waals surface area (Å²) in [7, 11) is 1.68. The first-order valence-electron chi connectivity index (χ1n) is 7.92. The molecule has 0 radical (unpaired) electrons. The van der Waals surface area contributed by atoms with Gasteiger partial charge in [-0.1, -0.05) is 0 Å². The van der Waals surface area contributed by atoms with Crippen molar-refractivity contribution in [2.45, 2.75) is 46.7 Å². The van der Waals surface area contributed by atoms with Gasteiger partial charge < -0.3 is 14.4 Å². The first-order valence-corrected chi connectivity index (χ1v) is 9.07. The van der Waals surface area contributed by atoms with Crippen molar-refractivity contribution in [3.63, 3.8) is 0 Å². The standard InChI is InChI=1S/C10H17N3O.C3H6OS.C3H8O/c1-7(2)13(8(3)4)9-5-6-11-10(14)12-9;1-2-5-3-4-1;1-3-4-2/h5-8H,1-4H3,(H,11,12,14);1-3H2;3H2,1-2H3. The lowest BCUT2D eigenvalue weighted by Gasteiger charge is -2.32. The summed E-state index contributed by atoms with van der Waals surface area (Å²) >= 11 is 1.85. The van der Waals surface area contributed by atoms with Gasteiger partial charge in [-0.2, -0.15) is 0 Å². The minimum Gasteiger partial charge on any atom is -0.385 e. The highest BCUT2D eigenvalue weighted by Crippen LogP contribution is 2.14. The molecule has 0 unspecified atom stereocenters. The second-order valence-electron chi connectivity index (χ2n) is 5.37. The fourth-order valence-corrected chi connectivity index (χ4v) is 2.55. The van der Waals surface area contributed by atoms with Gasteiger partial charge in [0.15, 0.2) is 0 Å². The molecule has 1 saturated heterocycles. The molecular weight excluding hydrogens is 314 g/mol. The molecule has 0 bridgehead atoms. The molecule has 7 heteroatoms. The van der Waals surface area contributed by atoms with Crippen molar-refractivity contribution in [2.75, 3.05) is 36.9 Å². The van der Waals surface area contributed by atoms with Crippen molar-refractivity contribution < 1.29 is 9.47 Å². The second-order valence-corrected chi connectivity index (χ2v) is 6.42. The van der Waals surface area contributed by atoms with E-state index in [1.165, 1.54) is 11.9 Å². The smallest absolute Gasteiger partial charge is 0.346 e. The molecule has 1 aromatic heterocycles. The minimum absolute atomic E-state index is 0.297. The summed E-state index contributed by atoms with van der Waals surface area (Å²) in [4.78, 5) is 19.5. The van der Waals surface area contributed by atoms with E-state index in [4.69, 9.17) is 4.74 Å². The molecule has 0 aliphatic carbocycles. The fourth-order valence-electron chi connectivity index (χ4n) is 1.96. The molecule has 1 aliphatic heterocycles. The number of ether oxygens (including phenoxy) is 2. The summed E-state index contributed by atoms with van der Waals surface area (Å²) in [5, 5.41) is 0. The number of hydrogen-bond donors (Lipinski definition) is 1. The molecular formula is C16H31N3O3S. The van der Waals surface area contributed by atoms with E-state index in [1.54, 1.807) is 7.11 Å². The van der Waals surface area contributed by atoms with Crippen molar-refractivity contribution in [1.82, 2.24) is 9.97 Å². The van der Waals surface area contributed by atoms with Crippen LogP contribution in [0.3, 0.4) is 0 Å². The topological polar surface area (TPSA) is 67.5 Å². The molecule has 2 rings (SSSR count). The number of H-pyrrole nitrogens is 1. The average Bonchev–Trinajstić information content (AvgIpc) is 3.06. The molecule has 0 saturated carbocycles. The normalized spacial score (nSPS) is 13.2. The highest BCUT2D eigenvalue weighted by atomic mass is 32.2. The van der Waals surface area contributed by atoms with Crippen LogP contribution in [0.2, 0.25) is 0 Å². The molecule has 134 valence electrons. The Hall–Kier alpha value is -1.05. The number of nitrogens with one attached hydrogen (secondary N) is 1. The Morgan fingerprint density at radius 2 is 2.00 bits per heavy atom. The molecule has 1 aliphatic rings. The lowest BCUT2D eigenvalue weighted by atomic mass is 10.2. The van der Waals surface area contributed by atoms with Crippen molar-refractivity contribution >= 4 is 17.6 Å². The van der Waals surface area contributed by atoms with E-state index in [0.29, 0.717) is 12.1 Å². The Labute approximate surface area is 144 Å². The summed E-state index contributed by atoms with van der Waals surface area (Å²) in [6.07, 6.45) is 1.53. The van der Waals surface area contributed by atoms with E-state index >= 15 is 0 Å². The Morgan fingerprint density at radius 1 is 1.39 bits per heavy atom. The number of aromatic amines is 1. The van der Waals surface area contributed by atoms with Gasteiger partial charge in [0, 0.05) is 37.8 Å². The van der Waals surface area contributed by atoms with Crippen molar-refractivity contribution in [3.8, 4) is 0 Å². The van der Waals surface area contributed by atoms with Crippen LogP contribution in [0.1, 0.15) is 34.6 Å². The minimum atomic E-state index is -0.297. The number of rotatable bonds is 4. The number of thioether (sulfide) groups is 1. The maximum absolute atomic E-state index is 11.0. The number of aromatic nitrogens is 2. The molecule has 2 heterocycles. The van der Waals surface area contributed by atoms with Gasteiger partial charge >= 0.3 is 5.69 Å². The maximum Gasteiger partial charge on any atom is 0.346 e. The number of hydrogen-bond acceptors (Lipinski definition) is 6. The fraction of sp³-hybridized carbons (Fsp3) is 0.750. The molecule has 0 aromatic carbocycles. The molecule has 6 nitrogen and oxygen atoms in total. The average molecular weight is 346 g/mol. The summed E-state index contributed by atoms with van der Waals surface area (Å²) < 4.78 is 9.45. The zero-order chi connectivity index (χ0) is 17.7. The third-order valence-electron chi connectivity index (χ3n) is 2.88. The summed E-state index contributed by atoms with van der Waals surface area (Å²) in [6, 6.07) is 2.53. The first kappa shape index (κ1) is 21.9. The largest absolute Gasteiger partial charge is 0.385 e. The summed E-state index contributed by atoms with van der Waals surface area (Å²) in [5.74, 6) is 2.94. The van der Waals surface area contributed by atoms with Crippen LogP contribution in [0, 0.1) is 0 Å². The van der Waals surface area contributed by atoms with E-state index in [9.17, 15) is 4.79 Å². The zero-order valence-electron chi connectivity index (χ0n) is 15.2. The van der Waals surface area contributed by atoms with Gasteiger partial charge in [-0.15, -0.1) is 11.8 Å². The van der Waals surface area contributed by atoms with Crippen LogP contribution in [0.4, 0.5) is 5.82 Å². The van der Waals surface area contributed by atoms with Crippen LogP contribution >= 0.6 is 11.8 Å². The Balaban J connectivity index is 0.000000438. The quantitative estimate of drug-likeness (QED) is 0.905. The lowest BCUT2D eigenvalue weighted by molar-refractivity contribution is 0.215. The highest BCUT2D eigenvalue weighted by Gasteiger charge is 2.14. The zero-order valence-corrected chi connectivity index (χ0v) is 16.0. The van der Waals surface area contributed by atoms with E-state index in [2.05, 4.69) is 47.3 Å². The van der Waals surface area contributed by atoms with Gasteiger partial charge in [0.25, 0.3) is 0 Å². The third kappa shape index (κ3) is 10.4. The Kier molecular flexibility index (Phi) is 12.8. The SMILES string of the molecule is C1CSCO1.CC(C)N(c1ccnc(=O)[nH]1)C(C)C.CCOC. The maximum atomic E-state index is 11.0. The number of methoxy groups -OCH3 is 1. The lowest BCUT2D eigenvalue weighted by Crippen LogP contribution is -2.38. The summed E-state index contributed by atoms with van der Waals surface area (Å²) in [6.45, 7) is 12.1. The monoisotopic (exact) mass is 345 g/mol. The van der Waals surface area contributed by atoms with Gasteiger partial charge in [0.2, 0.25) is 0 Å². The van der Waals surface area contributed by atoms with Crippen LogP contribution in [-0.4, -0.2) is 54.1 Å². The van der Waals surface area contributed by atoms with Gasteiger partial charge in [-0.05, 0) is 40.7 Å². The second kappa shape index (κ2) is 13.4. The number of anilines is 1. The van der Waals surface area contributed by atoms with E-state index in [-0.39, 0.29) is 5.69 Å². The Bertz CT molecular complexity index is 431. The highest BCUT2D eigenvalue weighted by molar-refractivity contribution is 7.99. The van der Waals surface area contributed by atoms with Crippen LogP contribution in [-0.2, 0) is 9.47 Å². The van der Waals surface area contributed by atoms with E-state index < -0.39 is 0 Å². The van der Waals surface area contributed by atoms with Gasteiger partial charge in [0.1, 0.15) is 5.82 Å². The van der Waals surface area contributed by atoms with Gasteiger partial charge in [0.05, 0.1) is 12.5 Å². The van der Waals surface area contributed by atoms with Crippen LogP contribution in [0.25, 0.3) is 0 Å². The van der Waals surface area contributed by atoms with E-state index in [1.807, 2.05) is 24.8 Å². The van der Waals surface area contributed by atoms with E-state index in [0.717, 1.165) is 25.0 Å². The third-order valence-corrected chi connectivity index (χ3v) is 3.67. The molecule has 0 spiro atoms. The van der Waals surface area contributed by atoms with Crippen molar-refractivity contribution in [2.24, 2.45) is 0 Å². The first-order chi connectivity index (χ1) is 10.9. The molecule has 1 aromatic rings. The van der Waals surface area contributed by atoms with Crippen molar-refractivity contribution in [1.29, 1.82) is 0 Å².